The Morgan fingerprint density at radius 3 is 2.53 bits per heavy atom. The van der Waals surface area contributed by atoms with Gasteiger partial charge in [-0.25, -0.2) is 14.8 Å². The Labute approximate surface area is 277 Å². The van der Waals surface area contributed by atoms with E-state index in [-0.39, 0.29) is 42.9 Å². The highest BCUT2D eigenvalue weighted by Crippen LogP contribution is 2.33. The number of amides is 5. The van der Waals surface area contributed by atoms with Crippen LogP contribution in [0.3, 0.4) is 0 Å². The lowest BCUT2D eigenvalue weighted by Gasteiger charge is -2.33. The van der Waals surface area contributed by atoms with E-state index in [1.807, 2.05) is 23.0 Å². The number of methoxy groups -OCH3 is 1. The monoisotopic (exact) mass is 676 g/mol. The molecule has 0 unspecified atom stereocenters. The second-order valence-electron chi connectivity index (χ2n) is 12.2. The standard InChI is InChI=1S/C33H31F3N8O5/c1-49-27-14-25-22(13-26(27)38-30(46)20-3-5-28(37-15-20)33(34,35)36)17-42(40-25)23-6-9-41(10-7-23)16-19-2-4-24-21(12-19)18-44(31(24)47)43-11-8-29(45)39-32(43)48/h2-5,12-15,17,23H,6-11,16,18H2,1H3,(H,38,46)(H,39,45,48). The molecule has 0 saturated carbocycles. The molecular formula is C33H31F3N8O5. The van der Waals surface area contributed by atoms with Gasteiger partial charge in [0.2, 0.25) is 5.91 Å². The minimum Gasteiger partial charge on any atom is -0.494 e. The number of carbonyl (C=O) groups is 4. The number of ether oxygens (including phenoxy) is 1. The molecular weight excluding hydrogens is 645 g/mol. The summed E-state index contributed by atoms with van der Waals surface area (Å²) in [7, 11) is 1.45. The van der Waals surface area contributed by atoms with Gasteiger partial charge in [0.05, 0.1) is 43.0 Å². The molecule has 13 nitrogen and oxygen atoms in total. The van der Waals surface area contributed by atoms with Gasteiger partial charge in [-0.15, -0.1) is 0 Å². The predicted molar refractivity (Wildman–Crippen MR) is 168 cm³/mol. The average molecular weight is 677 g/mol. The molecule has 254 valence electrons. The van der Waals surface area contributed by atoms with Crippen molar-refractivity contribution in [2.24, 2.45) is 0 Å². The van der Waals surface area contributed by atoms with E-state index in [0.29, 0.717) is 29.1 Å². The molecule has 0 spiro atoms. The van der Waals surface area contributed by atoms with E-state index in [2.05, 4.69) is 20.5 Å². The number of piperidine rings is 1. The van der Waals surface area contributed by atoms with Gasteiger partial charge >= 0.3 is 12.2 Å². The van der Waals surface area contributed by atoms with Gasteiger partial charge in [0, 0.05) is 55.5 Å². The van der Waals surface area contributed by atoms with Crippen molar-refractivity contribution in [2.75, 3.05) is 32.1 Å². The van der Waals surface area contributed by atoms with E-state index >= 15 is 0 Å². The number of anilines is 1. The van der Waals surface area contributed by atoms with Crippen molar-refractivity contribution in [3.8, 4) is 5.75 Å². The van der Waals surface area contributed by atoms with Crippen molar-refractivity contribution < 1.29 is 37.1 Å². The van der Waals surface area contributed by atoms with Crippen molar-refractivity contribution in [1.82, 2.24) is 35.0 Å². The first kappa shape index (κ1) is 32.1. The molecule has 3 aliphatic rings. The third-order valence-corrected chi connectivity index (χ3v) is 9.02. The van der Waals surface area contributed by atoms with Gasteiger partial charge in [-0.05, 0) is 48.2 Å². The summed E-state index contributed by atoms with van der Waals surface area (Å²) in [6, 6.07) is 10.5. The van der Waals surface area contributed by atoms with Crippen molar-refractivity contribution in [1.29, 1.82) is 0 Å². The van der Waals surface area contributed by atoms with Gasteiger partial charge in [-0.1, -0.05) is 12.1 Å². The van der Waals surface area contributed by atoms with Crippen LogP contribution in [0.25, 0.3) is 10.9 Å². The molecule has 2 fully saturated rings. The zero-order chi connectivity index (χ0) is 34.4. The molecule has 5 heterocycles. The molecule has 0 bridgehead atoms. The lowest BCUT2D eigenvalue weighted by molar-refractivity contribution is -0.141. The van der Waals surface area contributed by atoms with E-state index in [0.717, 1.165) is 60.8 Å². The minimum atomic E-state index is -4.60. The third-order valence-electron chi connectivity index (χ3n) is 9.02. The molecule has 0 aliphatic carbocycles. The number of rotatable bonds is 7. The van der Waals surface area contributed by atoms with E-state index in [1.165, 1.54) is 17.1 Å². The molecule has 5 amide bonds. The van der Waals surface area contributed by atoms with Gasteiger partial charge in [0.1, 0.15) is 11.4 Å². The van der Waals surface area contributed by atoms with E-state index < -0.39 is 23.8 Å². The van der Waals surface area contributed by atoms with Crippen LogP contribution in [0.5, 0.6) is 5.75 Å². The van der Waals surface area contributed by atoms with Gasteiger partial charge in [0.15, 0.2) is 0 Å². The number of hydrogen-bond donors (Lipinski definition) is 2. The number of nitrogens with one attached hydrogen (secondary N) is 2. The molecule has 16 heteroatoms. The zero-order valence-corrected chi connectivity index (χ0v) is 26.3. The van der Waals surface area contributed by atoms with Crippen LogP contribution in [-0.2, 0) is 24.1 Å². The second-order valence-corrected chi connectivity index (χ2v) is 12.2. The number of aromatic nitrogens is 3. The van der Waals surface area contributed by atoms with Crippen LogP contribution < -0.4 is 15.4 Å². The second kappa shape index (κ2) is 12.5. The minimum absolute atomic E-state index is 0.0295. The number of likely N-dealkylation sites (tertiary alicyclic amines) is 1. The predicted octanol–water partition coefficient (Wildman–Crippen LogP) is 4.36. The number of pyridine rings is 1. The Morgan fingerprint density at radius 2 is 1.84 bits per heavy atom. The number of halogens is 3. The molecule has 2 saturated heterocycles. The number of hydrazine groups is 1. The van der Waals surface area contributed by atoms with Gasteiger partial charge in [-0.3, -0.25) is 34.3 Å². The molecule has 3 aliphatic heterocycles. The number of benzene rings is 2. The topological polar surface area (TPSA) is 142 Å². The number of urea groups is 1. The highest BCUT2D eigenvalue weighted by Gasteiger charge is 2.37. The lowest BCUT2D eigenvalue weighted by Crippen LogP contribution is -2.56. The van der Waals surface area contributed by atoms with Gasteiger partial charge < -0.3 is 10.1 Å². The summed E-state index contributed by atoms with van der Waals surface area (Å²) in [4.78, 5) is 55.3. The highest BCUT2D eigenvalue weighted by atomic mass is 19.4. The fraction of sp³-hybridized carbons (Fsp3) is 0.333. The van der Waals surface area contributed by atoms with Gasteiger partial charge in [-0.2, -0.15) is 18.3 Å². The Bertz CT molecular complexity index is 1970. The molecule has 2 aromatic carbocycles. The lowest BCUT2D eigenvalue weighted by atomic mass is 10.0. The van der Waals surface area contributed by atoms with Crippen LogP contribution in [0.1, 0.15) is 62.8 Å². The first-order valence-corrected chi connectivity index (χ1v) is 15.7. The summed E-state index contributed by atoms with van der Waals surface area (Å²) < 4.78 is 46.0. The van der Waals surface area contributed by atoms with Crippen LogP contribution in [0.2, 0.25) is 0 Å². The molecule has 2 N–H and O–H groups in total. The van der Waals surface area contributed by atoms with E-state index in [9.17, 15) is 32.3 Å². The van der Waals surface area contributed by atoms with Crippen molar-refractivity contribution >= 4 is 40.3 Å². The zero-order valence-electron chi connectivity index (χ0n) is 26.3. The van der Waals surface area contributed by atoms with Crippen molar-refractivity contribution in [3.05, 3.63) is 82.8 Å². The smallest absolute Gasteiger partial charge is 0.433 e. The number of carbonyl (C=O) groups excluding carboxylic acids is 4. The number of hydrogen-bond acceptors (Lipinski definition) is 8. The van der Waals surface area contributed by atoms with Crippen molar-refractivity contribution in [3.63, 3.8) is 0 Å². The van der Waals surface area contributed by atoms with Crippen molar-refractivity contribution in [2.45, 2.75) is 44.6 Å². The maximum atomic E-state index is 13.0. The summed E-state index contributed by atoms with van der Waals surface area (Å²) in [6.45, 7) is 2.75. The summed E-state index contributed by atoms with van der Waals surface area (Å²) >= 11 is 0. The third kappa shape index (κ3) is 6.38. The quantitative estimate of drug-likeness (QED) is 0.294. The Morgan fingerprint density at radius 1 is 1.04 bits per heavy atom. The Kier molecular flexibility index (Phi) is 8.18. The van der Waals surface area contributed by atoms with Crippen LogP contribution >= 0.6 is 0 Å². The van der Waals surface area contributed by atoms with Gasteiger partial charge in [0.25, 0.3) is 11.8 Å². The largest absolute Gasteiger partial charge is 0.494 e. The normalized spacial score (nSPS) is 17.4. The molecule has 0 atom stereocenters. The highest BCUT2D eigenvalue weighted by molar-refractivity contribution is 6.06. The number of fused-ring (bicyclic) bond motifs is 2. The number of nitrogens with zero attached hydrogens (tertiary/aromatic N) is 6. The summed E-state index contributed by atoms with van der Waals surface area (Å²) in [6.07, 6.45) is 0.0167. The van der Waals surface area contributed by atoms with Crippen LogP contribution in [0, 0.1) is 0 Å². The molecule has 7 rings (SSSR count). The average Bonchev–Trinajstić information content (AvgIpc) is 3.64. The first-order valence-electron chi connectivity index (χ1n) is 15.7. The van der Waals surface area contributed by atoms with Crippen LogP contribution in [-0.4, -0.2) is 80.2 Å². The fourth-order valence-corrected chi connectivity index (χ4v) is 6.45. The summed E-state index contributed by atoms with van der Waals surface area (Å²) in [5.74, 6) is -0.887. The van der Waals surface area contributed by atoms with Crippen LogP contribution in [0.4, 0.5) is 23.7 Å². The number of imide groups is 1. The Hall–Kier alpha value is -5.51. The SMILES string of the molecule is COc1cc2nn(C3CCN(Cc4ccc5c(c4)CN(N4CCC(=O)NC4=O)C5=O)CC3)cc2cc1NC(=O)c1ccc(C(F)(F)F)nc1. The summed E-state index contributed by atoms with van der Waals surface area (Å²) in [5, 5.41) is 13.2. The maximum absolute atomic E-state index is 13.0. The van der Waals surface area contributed by atoms with E-state index in [1.54, 1.807) is 18.2 Å². The molecule has 49 heavy (non-hydrogen) atoms. The molecule has 4 aromatic rings. The first-order chi connectivity index (χ1) is 23.5. The van der Waals surface area contributed by atoms with Crippen LogP contribution in [0.15, 0.2) is 54.9 Å². The molecule has 0 radical (unpaired) electrons. The maximum Gasteiger partial charge on any atom is 0.433 e. The Balaban J connectivity index is 0.976. The van der Waals surface area contributed by atoms with E-state index in [4.69, 9.17) is 9.84 Å². The number of alkyl halides is 3. The molecule has 2 aromatic heterocycles. The fourth-order valence-electron chi connectivity index (χ4n) is 6.45. The summed E-state index contributed by atoms with van der Waals surface area (Å²) in [5.41, 5.74) is 2.36.